The molecule has 0 aliphatic carbocycles. The summed E-state index contributed by atoms with van der Waals surface area (Å²) >= 11 is 0. The van der Waals surface area contributed by atoms with E-state index < -0.39 is 0 Å². The van der Waals surface area contributed by atoms with E-state index in [1.165, 1.54) is 0 Å². The fraction of sp³-hybridized carbons (Fsp3) is 0.833. The monoisotopic (exact) mass is 240 g/mol. The maximum Gasteiger partial charge on any atom is 0.0850 e. The van der Waals surface area contributed by atoms with Gasteiger partial charge in [-0.2, -0.15) is 0 Å². The maximum absolute atomic E-state index is 5.52. The van der Waals surface area contributed by atoms with Gasteiger partial charge in [0.15, 0.2) is 0 Å². The molecular formula is C12H24N4O. The third-order valence-corrected chi connectivity index (χ3v) is 2.39. The second-order valence-corrected chi connectivity index (χ2v) is 4.75. The predicted molar refractivity (Wildman–Crippen MR) is 68.1 cm³/mol. The highest BCUT2D eigenvalue weighted by atomic mass is 16.5. The molecule has 5 nitrogen and oxygen atoms in total. The topological polar surface area (TPSA) is 52.0 Å². The SMILES string of the molecule is CC(C)NCCOCCc1cn(C(C)C)nn1. The van der Waals surface area contributed by atoms with Crippen LogP contribution in [0, 0.1) is 0 Å². The van der Waals surface area contributed by atoms with Crippen LogP contribution in [0.5, 0.6) is 0 Å². The van der Waals surface area contributed by atoms with E-state index in [1.54, 1.807) is 0 Å². The van der Waals surface area contributed by atoms with Crippen LogP contribution in [-0.4, -0.2) is 40.8 Å². The summed E-state index contributed by atoms with van der Waals surface area (Å²) in [7, 11) is 0. The molecule has 1 aromatic heterocycles. The van der Waals surface area contributed by atoms with Gasteiger partial charge in [-0.05, 0) is 13.8 Å². The lowest BCUT2D eigenvalue weighted by Crippen LogP contribution is -2.26. The first-order valence-electron chi connectivity index (χ1n) is 6.31. The molecule has 1 aromatic rings. The lowest BCUT2D eigenvalue weighted by Gasteiger charge is -2.07. The van der Waals surface area contributed by atoms with Crippen LogP contribution < -0.4 is 5.32 Å². The fourth-order valence-corrected chi connectivity index (χ4v) is 1.38. The van der Waals surface area contributed by atoms with Crippen molar-refractivity contribution < 1.29 is 4.74 Å². The number of nitrogens with zero attached hydrogens (tertiary/aromatic N) is 3. The van der Waals surface area contributed by atoms with Gasteiger partial charge in [0.2, 0.25) is 0 Å². The average molecular weight is 240 g/mol. The van der Waals surface area contributed by atoms with Gasteiger partial charge in [0.25, 0.3) is 0 Å². The molecule has 5 heteroatoms. The lowest BCUT2D eigenvalue weighted by atomic mass is 10.3. The molecule has 0 aliphatic heterocycles. The summed E-state index contributed by atoms with van der Waals surface area (Å²) in [6.07, 6.45) is 2.81. The molecule has 0 amide bonds. The molecule has 0 unspecified atom stereocenters. The van der Waals surface area contributed by atoms with Crippen molar-refractivity contribution in [3.8, 4) is 0 Å². The van der Waals surface area contributed by atoms with Crippen molar-refractivity contribution in [3.63, 3.8) is 0 Å². The van der Waals surface area contributed by atoms with Gasteiger partial charge >= 0.3 is 0 Å². The van der Waals surface area contributed by atoms with E-state index in [9.17, 15) is 0 Å². The quantitative estimate of drug-likeness (QED) is 0.698. The average Bonchev–Trinajstić information content (AvgIpc) is 2.71. The second kappa shape index (κ2) is 7.40. The summed E-state index contributed by atoms with van der Waals surface area (Å²) in [5.41, 5.74) is 0.996. The molecule has 0 aliphatic rings. The molecule has 0 fully saturated rings. The van der Waals surface area contributed by atoms with E-state index in [-0.39, 0.29) is 0 Å². The van der Waals surface area contributed by atoms with E-state index in [4.69, 9.17) is 4.74 Å². The molecule has 0 spiro atoms. The molecular weight excluding hydrogens is 216 g/mol. The summed E-state index contributed by atoms with van der Waals surface area (Å²) in [5.74, 6) is 0. The summed E-state index contributed by atoms with van der Waals surface area (Å²) < 4.78 is 7.39. The molecule has 0 radical (unpaired) electrons. The number of hydrogen-bond donors (Lipinski definition) is 1. The minimum Gasteiger partial charge on any atom is -0.380 e. The number of ether oxygens (including phenoxy) is 1. The lowest BCUT2D eigenvalue weighted by molar-refractivity contribution is 0.137. The highest BCUT2D eigenvalue weighted by molar-refractivity contribution is 4.92. The number of aromatic nitrogens is 3. The van der Waals surface area contributed by atoms with E-state index >= 15 is 0 Å². The van der Waals surface area contributed by atoms with Gasteiger partial charge in [-0.1, -0.05) is 19.1 Å². The van der Waals surface area contributed by atoms with Crippen LogP contribution in [-0.2, 0) is 11.2 Å². The standard InChI is InChI=1S/C12H24N4O/c1-10(2)13-6-8-17-7-5-12-9-16(11(3)4)15-14-12/h9-11,13H,5-8H2,1-4H3. The van der Waals surface area contributed by atoms with Gasteiger partial charge in [-0.25, -0.2) is 4.68 Å². The summed E-state index contributed by atoms with van der Waals surface area (Å²) in [4.78, 5) is 0. The summed E-state index contributed by atoms with van der Waals surface area (Å²) in [6, 6.07) is 0.886. The minimum absolute atomic E-state index is 0.368. The normalized spacial score (nSPS) is 11.6. The molecule has 0 atom stereocenters. The van der Waals surface area contributed by atoms with Crippen molar-refractivity contribution in [2.24, 2.45) is 0 Å². The maximum atomic E-state index is 5.52. The molecule has 1 heterocycles. The molecule has 98 valence electrons. The smallest absolute Gasteiger partial charge is 0.0850 e. The van der Waals surface area contributed by atoms with Gasteiger partial charge in [0.1, 0.15) is 0 Å². The number of hydrogen-bond acceptors (Lipinski definition) is 4. The zero-order valence-corrected chi connectivity index (χ0v) is 11.3. The Labute approximate surface area is 104 Å². The Hall–Kier alpha value is -0.940. The van der Waals surface area contributed by atoms with Crippen molar-refractivity contribution in [1.82, 2.24) is 20.3 Å². The van der Waals surface area contributed by atoms with Gasteiger partial charge in [0.05, 0.1) is 18.9 Å². The summed E-state index contributed by atoms with van der Waals surface area (Å²) in [6.45, 7) is 10.8. The van der Waals surface area contributed by atoms with Crippen LogP contribution in [0.3, 0.4) is 0 Å². The Bertz CT molecular complexity index is 309. The van der Waals surface area contributed by atoms with E-state index in [2.05, 4.69) is 43.3 Å². The van der Waals surface area contributed by atoms with E-state index in [0.717, 1.165) is 25.3 Å². The number of nitrogens with one attached hydrogen (secondary N) is 1. The van der Waals surface area contributed by atoms with E-state index in [1.807, 2.05) is 10.9 Å². The first-order chi connectivity index (χ1) is 8.09. The fourth-order valence-electron chi connectivity index (χ4n) is 1.38. The highest BCUT2D eigenvalue weighted by Crippen LogP contribution is 2.02. The Morgan fingerprint density at radius 3 is 2.65 bits per heavy atom. The Morgan fingerprint density at radius 1 is 1.29 bits per heavy atom. The molecule has 0 bridgehead atoms. The van der Waals surface area contributed by atoms with Crippen LogP contribution in [0.1, 0.15) is 39.4 Å². The third-order valence-electron chi connectivity index (χ3n) is 2.39. The van der Waals surface area contributed by atoms with Gasteiger partial charge in [-0.15, -0.1) is 5.10 Å². The molecule has 0 saturated carbocycles. The van der Waals surface area contributed by atoms with Gasteiger partial charge in [-0.3, -0.25) is 0 Å². The van der Waals surface area contributed by atoms with Crippen molar-refractivity contribution in [2.45, 2.75) is 46.2 Å². The van der Waals surface area contributed by atoms with Crippen LogP contribution in [0.15, 0.2) is 6.20 Å². The number of rotatable bonds is 8. The zero-order chi connectivity index (χ0) is 12.7. The predicted octanol–water partition coefficient (Wildman–Crippen LogP) is 1.42. The van der Waals surface area contributed by atoms with Crippen molar-refractivity contribution in [2.75, 3.05) is 19.8 Å². The Morgan fingerprint density at radius 2 is 2.06 bits per heavy atom. The Kier molecular flexibility index (Phi) is 6.15. The van der Waals surface area contributed by atoms with Crippen molar-refractivity contribution in [1.29, 1.82) is 0 Å². The first kappa shape index (κ1) is 14.1. The first-order valence-corrected chi connectivity index (χ1v) is 6.31. The van der Waals surface area contributed by atoms with E-state index in [0.29, 0.717) is 18.7 Å². The van der Waals surface area contributed by atoms with Crippen LogP contribution in [0.4, 0.5) is 0 Å². The summed E-state index contributed by atoms with van der Waals surface area (Å²) in [5, 5.41) is 11.5. The zero-order valence-electron chi connectivity index (χ0n) is 11.3. The highest BCUT2D eigenvalue weighted by Gasteiger charge is 2.03. The molecule has 1 N–H and O–H groups in total. The van der Waals surface area contributed by atoms with Crippen LogP contribution in [0.2, 0.25) is 0 Å². The van der Waals surface area contributed by atoms with Gasteiger partial charge in [0, 0.05) is 31.2 Å². The molecule has 17 heavy (non-hydrogen) atoms. The Balaban J connectivity index is 2.09. The van der Waals surface area contributed by atoms with Crippen molar-refractivity contribution >= 4 is 0 Å². The second-order valence-electron chi connectivity index (χ2n) is 4.75. The minimum atomic E-state index is 0.368. The third kappa shape index (κ3) is 5.79. The molecule has 1 rings (SSSR count). The molecule has 0 saturated heterocycles. The van der Waals surface area contributed by atoms with Crippen molar-refractivity contribution in [3.05, 3.63) is 11.9 Å². The van der Waals surface area contributed by atoms with Crippen LogP contribution >= 0.6 is 0 Å². The largest absolute Gasteiger partial charge is 0.380 e. The van der Waals surface area contributed by atoms with Crippen LogP contribution in [0.25, 0.3) is 0 Å². The molecule has 0 aromatic carbocycles. The van der Waals surface area contributed by atoms with Gasteiger partial charge < -0.3 is 10.1 Å².